The summed E-state index contributed by atoms with van der Waals surface area (Å²) in [5, 5.41) is 0. The number of anilines is 1. The van der Waals surface area contributed by atoms with Crippen LogP contribution in [-0.4, -0.2) is 11.8 Å². The molecule has 0 aliphatic carbocycles. The van der Waals surface area contributed by atoms with Crippen LogP contribution in [0.25, 0.3) is 0 Å². The number of hydrogen-bond donors (Lipinski definition) is 1. The molecule has 1 fully saturated rings. The number of carbonyl (C=O) groups excluding carboxylic acids is 2. The highest BCUT2D eigenvalue weighted by atomic mass is 19.1. The van der Waals surface area contributed by atoms with E-state index < -0.39 is 5.82 Å². The standard InChI is InChI=1S/C13H15FN2O2/c1-8-4-12(17)16(13(18)5-8)11-3-2-10(14)6-9(11)7-15/h2-3,6,8H,4-5,7,15H2,1H3. The molecule has 1 aliphatic heterocycles. The van der Waals surface area contributed by atoms with E-state index in [1.165, 1.54) is 18.2 Å². The Bertz CT molecular complexity index is 484. The summed E-state index contributed by atoms with van der Waals surface area (Å²) in [7, 11) is 0. The minimum atomic E-state index is -0.426. The third-order valence-corrected chi connectivity index (χ3v) is 3.05. The van der Waals surface area contributed by atoms with Crippen molar-refractivity contribution in [2.45, 2.75) is 26.3 Å². The van der Waals surface area contributed by atoms with E-state index in [9.17, 15) is 14.0 Å². The largest absolute Gasteiger partial charge is 0.326 e. The molecule has 0 radical (unpaired) electrons. The molecular weight excluding hydrogens is 235 g/mol. The Balaban J connectivity index is 2.41. The van der Waals surface area contributed by atoms with Crippen LogP contribution in [0.1, 0.15) is 25.3 Å². The Kier molecular flexibility index (Phi) is 3.43. The van der Waals surface area contributed by atoms with Gasteiger partial charge in [-0.25, -0.2) is 4.39 Å². The number of carbonyl (C=O) groups is 2. The van der Waals surface area contributed by atoms with Crippen molar-refractivity contribution in [2.75, 3.05) is 4.90 Å². The van der Waals surface area contributed by atoms with Gasteiger partial charge in [0.25, 0.3) is 0 Å². The number of rotatable bonds is 2. The van der Waals surface area contributed by atoms with Crippen molar-refractivity contribution in [2.24, 2.45) is 11.7 Å². The molecule has 0 atom stereocenters. The van der Waals surface area contributed by atoms with Gasteiger partial charge in [-0.1, -0.05) is 6.92 Å². The minimum Gasteiger partial charge on any atom is -0.326 e. The molecule has 1 aliphatic rings. The Hall–Kier alpha value is -1.75. The van der Waals surface area contributed by atoms with Crippen molar-refractivity contribution in [1.82, 2.24) is 0 Å². The summed E-state index contributed by atoms with van der Waals surface area (Å²) in [5.41, 5.74) is 6.40. The highest BCUT2D eigenvalue weighted by Crippen LogP contribution is 2.28. The summed E-state index contributed by atoms with van der Waals surface area (Å²) in [6.07, 6.45) is 0.653. The topological polar surface area (TPSA) is 63.4 Å². The first kappa shape index (κ1) is 12.7. The monoisotopic (exact) mass is 250 g/mol. The van der Waals surface area contributed by atoms with Gasteiger partial charge in [-0.05, 0) is 29.7 Å². The van der Waals surface area contributed by atoms with Gasteiger partial charge in [0, 0.05) is 19.4 Å². The molecule has 0 bridgehead atoms. The fourth-order valence-electron chi connectivity index (χ4n) is 2.19. The van der Waals surface area contributed by atoms with Crippen molar-refractivity contribution < 1.29 is 14.0 Å². The van der Waals surface area contributed by atoms with E-state index in [0.717, 1.165) is 4.90 Å². The minimum absolute atomic E-state index is 0.0584. The Labute approximate surface area is 105 Å². The molecule has 2 amide bonds. The van der Waals surface area contributed by atoms with Gasteiger partial charge in [-0.15, -0.1) is 0 Å². The fraction of sp³-hybridized carbons (Fsp3) is 0.385. The third kappa shape index (κ3) is 2.26. The van der Waals surface area contributed by atoms with Crippen molar-refractivity contribution in [3.8, 4) is 0 Å². The van der Waals surface area contributed by atoms with E-state index >= 15 is 0 Å². The van der Waals surface area contributed by atoms with Crippen molar-refractivity contribution in [3.05, 3.63) is 29.6 Å². The molecule has 1 heterocycles. The van der Waals surface area contributed by atoms with E-state index in [1.54, 1.807) is 0 Å². The molecule has 2 N–H and O–H groups in total. The molecular formula is C13H15FN2O2. The van der Waals surface area contributed by atoms with Crippen LogP contribution < -0.4 is 10.6 Å². The van der Waals surface area contributed by atoms with E-state index in [2.05, 4.69) is 0 Å². The molecule has 0 saturated carbocycles. The lowest BCUT2D eigenvalue weighted by atomic mass is 9.96. The highest BCUT2D eigenvalue weighted by molar-refractivity contribution is 6.16. The van der Waals surface area contributed by atoms with E-state index in [4.69, 9.17) is 5.73 Å². The molecule has 96 valence electrons. The zero-order valence-electron chi connectivity index (χ0n) is 10.1. The second-order valence-corrected chi connectivity index (χ2v) is 4.61. The third-order valence-electron chi connectivity index (χ3n) is 3.05. The van der Waals surface area contributed by atoms with Gasteiger partial charge in [0.05, 0.1) is 5.69 Å². The number of amides is 2. The van der Waals surface area contributed by atoms with Crippen molar-refractivity contribution in [3.63, 3.8) is 0 Å². The lowest BCUT2D eigenvalue weighted by Crippen LogP contribution is -2.43. The van der Waals surface area contributed by atoms with Gasteiger partial charge in [-0.2, -0.15) is 0 Å². The summed E-state index contributed by atoms with van der Waals surface area (Å²) < 4.78 is 13.1. The molecule has 0 aromatic heterocycles. The summed E-state index contributed by atoms with van der Waals surface area (Å²) in [4.78, 5) is 25.0. The molecule has 4 nitrogen and oxygen atoms in total. The number of imide groups is 1. The lowest BCUT2D eigenvalue weighted by Gasteiger charge is -2.29. The molecule has 0 unspecified atom stereocenters. The van der Waals surface area contributed by atoms with Crippen LogP contribution in [0.3, 0.4) is 0 Å². The molecule has 5 heteroatoms. The van der Waals surface area contributed by atoms with Gasteiger partial charge in [0.15, 0.2) is 0 Å². The van der Waals surface area contributed by atoms with Crippen LogP contribution in [0.4, 0.5) is 10.1 Å². The SMILES string of the molecule is CC1CC(=O)N(c2ccc(F)cc2CN)C(=O)C1. The summed E-state index contributed by atoms with van der Waals surface area (Å²) in [6, 6.07) is 3.92. The van der Waals surface area contributed by atoms with E-state index in [0.29, 0.717) is 24.1 Å². The molecule has 18 heavy (non-hydrogen) atoms. The van der Waals surface area contributed by atoms with Crippen molar-refractivity contribution in [1.29, 1.82) is 0 Å². The Morgan fingerprint density at radius 3 is 2.50 bits per heavy atom. The van der Waals surface area contributed by atoms with Gasteiger partial charge in [-0.3, -0.25) is 14.5 Å². The van der Waals surface area contributed by atoms with Crippen LogP contribution in [0, 0.1) is 11.7 Å². The first-order valence-corrected chi connectivity index (χ1v) is 5.87. The second kappa shape index (κ2) is 4.86. The number of nitrogens with two attached hydrogens (primary N) is 1. The lowest BCUT2D eigenvalue weighted by molar-refractivity contribution is -0.130. The average molecular weight is 250 g/mol. The first-order valence-electron chi connectivity index (χ1n) is 5.87. The number of halogens is 1. The maximum absolute atomic E-state index is 13.1. The van der Waals surface area contributed by atoms with Crippen LogP contribution >= 0.6 is 0 Å². The quantitative estimate of drug-likeness (QED) is 0.810. The normalized spacial score (nSPS) is 17.4. The Morgan fingerprint density at radius 1 is 1.33 bits per heavy atom. The Morgan fingerprint density at radius 2 is 1.94 bits per heavy atom. The van der Waals surface area contributed by atoms with Gasteiger partial charge < -0.3 is 5.73 Å². The summed E-state index contributed by atoms with van der Waals surface area (Å²) >= 11 is 0. The van der Waals surface area contributed by atoms with Gasteiger partial charge >= 0.3 is 0 Å². The van der Waals surface area contributed by atoms with Gasteiger partial charge in [0.2, 0.25) is 11.8 Å². The molecule has 1 saturated heterocycles. The van der Waals surface area contributed by atoms with E-state index in [1.807, 2.05) is 6.92 Å². The smallest absolute Gasteiger partial charge is 0.234 e. The van der Waals surface area contributed by atoms with Crippen molar-refractivity contribution >= 4 is 17.5 Å². The van der Waals surface area contributed by atoms with Crippen LogP contribution in [0.5, 0.6) is 0 Å². The maximum atomic E-state index is 13.1. The summed E-state index contributed by atoms with van der Waals surface area (Å²) in [6.45, 7) is 1.95. The average Bonchev–Trinajstić information content (AvgIpc) is 2.29. The zero-order chi connectivity index (χ0) is 13.3. The number of benzene rings is 1. The predicted molar refractivity (Wildman–Crippen MR) is 65.2 cm³/mol. The molecule has 0 spiro atoms. The summed E-state index contributed by atoms with van der Waals surface area (Å²) in [5.74, 6) is -0.868. The number of hydrogen-bond acceptors (Lipinski definition) is 3. The first-order chi connectivity index (χ1) is 8.52. The number of nitrogens with zero attached hydrogens (tertiary/aromatic N) is 1. The maximum Gasteiger partial charge on any atom is 0.234 e. The predicted octanol–water partition coefficient (Wildman–Crippen LogP) is 1.57. The van der Waals surface area contributed by atoms with Crippen LogP contribution in [0.15, 0.2) is 18.2 Å². The van der Waals surface area contributed by atoms with Gasteiger partial charge in [0.1, 0.15) is 5.82 Å². The fourth-order valence-corrected chi connectivity index (χ4v) is 2.19. The van der Waals surface area contributed by atoms with Crippen LogP contribution in [-0.2, 0) is 16.1 Å². The second-order valence-electron chi connectivity index (χ2n) is 4.61. The zero-order valence-corrected chi connectivity index (χ0v) is 10.1. The molecule has 2 rings (SSSR count). The molecule has 1 aromatic carbocycles. The molecule has 1 aromatic rings. The van der Waals surface area contributed by atoms with Crippen LogP contribution in [0.2, 0.25) is 0 Å². The number of piperidine rings is 1. The highest BCUT2D eigenvalue weighted by Gasteiger charge is 2.32. The van der Waals surface area contributed by atoms with E-state index in [-0.39, 0.29) is 24.3 Å².